The zero-order chi connectivity index (χ0) is 23.3. The molecule has 1 aromatic heterocycles. The van der Waals surface area contributed by atoms with Crippen molar-refractivity contribution in [3.05, 3.63) is 47.4 Å². The highest BCUT2D eigenvalue weighted by Crippen LogP contribution is 2.31. The van der Waals surface area contributed by atoms with Crippen LogP contribution in [-0.4, -0.2) is 59.9 Å². The second kappa shape index (κ2) is 10.5. The fourth-order valence-electron chi connectivity index (χ4n) is 2.84. The summed E-state index contributed by atoms with van der Waals surface area (Å²) >= 11 is 4.01. The van der Waals surface area contributed by atoms with Gasteiger partial charge in [-0.15, -0.1) is 0 Å². The topological polar surface area (TPSA) is 104 Å². The maximum Gasteiger partial charge on any atom is 0.239 e. The van der Waals surface area contributed by atoms with Crippen molar-refractivity contribution in [3.63, 3.8) is 0 Å². The summed E-state index contributed by atoms with van der Waals surface area (Å²) in [6.45, 7) is 3.80. The number of thiol groups is 1. The number of rotatable bonds is 9. The Hall–Kier alpha value is -2.01. The molecule has 2 rings (SSSR count). The third-order valence-corrected chi connectivity index (χ3v) is 6.20. The van der Waals surface area contributed by atoms with Crippen molar-refractivity contribution in [1.29, 1.82) is 0 Å². The van der Waals surface area contributed by atoms with E-state index in [1.807, 2.05) is 13.8 Å². The highest BCUT2D eigenvalue weighted by molar-refractivity contribution is 7.92. The van der Waals surface area contributed by atoms with Gasteiger partial charge in [-0.05, 0) is 30.2 Å². The van der Waals surface area contributed by atoms with Crippen LogP contribution in [0.25, 0.3) is 17.3 Å². The van der Waals surface area contributed by atoms with E-state index in [0.29, 0.717) is 22.5 Å². The van der Waals surface area contributed by atoms with Gasteiger partial charge in [0.05, 0.1) is 29.9 Å². The van der Waals surface area contributed by atoms with Gasteiger partial charge in [0.1, 0.15) is 5.82 Å². The summed E-state index contributed by atoms with van der Waals surface area (Å²) in [6, 6.07) is 5.67. The number of hydrogen-bond acceptors (Lipinski definition) is 7. The van der Waals surface area contributed by atoms with Crippen molar-refractivity contribution in [2.75, 3.05) is 23.4 Å². The Balaban J connectivity index is 2.69. The molecule has 0 spiro atoms. The minimum absolute atomic E-state index is 0.00582. The highest BCUT2D eigenvalue weighted by Gasteiger charge is 2.22. The smallest absolute Gasteiger partial charge is 0.239 e. The van der Waals surface area contributed by atoms with Gasteiger partial charge in [-0.1, -0.05) is 26.0 Å². The maximum absolute atomic E-state index is 13.5. The van der Waals surface area contributed by atoms with E-state index in [4.69, 9.17) is 0 Å². The molecule has 0 saturated heterocycles. The largest absolute Gasteiger partial charge is 0.392 e. The van der Waals surface area contributed by atoms with Crippen molar-refractivity contribution < 1.29 is 23.0 Å². The standard InChI is InChI=1S/C21H28FN3O4S2/c1-13(2)19-18(10-9-16(26)11-17(27)12-30)20(14-5-7-15(22)8-6-14)24-21(23-19)25(3)31(4,28)29/h5-10,13,16-17,26-27,30H,11-12H2,1-4H3/b10-9+. The van der Waals surface area contributed by atoms with Crippen LogP contribution in [0.3, 0.4) is 0 Å². The number of nitrogens with zero attached hydrogens (tertiary/aromatic N) is 3. The first-order valence-corrected chi connectivity index (χ1v) is 12.2. The molecule has 0 amide bonds. The Bertz CT molecular complexity index is 1030. The van der Waals surface area contributed by atoms with E-state index in [1.165, 1.54) is 25.3 Å². The van der Waals surface area contributed by atoms with Crippen molar-refractivity contribution >= 4 is 34.7 Å². The lowest BCUT2D eigenvalue weighted by Gasteiger charge is -2.20. The Morgan fingerprint density at radius 3 is 2.32 bits per heavy atom. The molecule has 0 aliphatic carbocycles. The van der Waals surface area contributed by atoms with Gasteiger partial charge in [0.15, 0.2) is 0 Å². The van der Waals surface area contributed by atoms with Crippen molar-refractivity contribution in [1.82, 2.24) is 9.97 Å². The van der Waals surface area contributed by atoms with E-state index in [1.54, 1.807) is 18.2 Å². The number of aromatic nitrogens is 2. The van der Waals surface area contributed by atoms with Crippen molar-refractivity contribution in [3.8, 4) is 11.3 Å². The summed E-state index contributed by atoms with van der Waals surface area (Å²) in [5.74, 6) is -0.301. The zero-order valence-corrected chi connectivity index (χ0v) is 19.6. The fraction of sp³-hybridized carbons (Fsp3) is 0.429. The van der Waals surface area contributed by atoms with Crippen LogP contribution < -0.4 is 4.31 Å². The average Bonchev–Trinajstić information content (AvgIpc) is 2.70. The molecule has 10 heteroatoms. The second-order valence-electron chi connectivity index (χ2n) is 7.56. The second-order valence-corrected chi connectivity index (χ2v) is 9.94. The lowest BCUT2D eigenvalue weighted by molar-refractivity contribution is 0.120. The Kier molecular flexibility index (Phi) is 8.58. The molecule has 0 radical (unpaired) electrons. The summed E-state index contributed by atoms with van der Waals surface area (Å²) in [4.78, 5) is 8.92. The molecule has 2 unspecified atom stereocenters. The number of halogens is 1. The minimum atomic E-state index is -3.60. The highest BCUT2D eigenvalue weighted by atomic mass is 32.2. The van der Waals surface area contributed by atoms with E-state index >= 15 is 0 Å². The fourth-order valence-corrected chi connectivity index (χ4v) is 3.36. The third-order valence-electron chi connectivity index (χ3n) is 4.62. The molecule has 1 heterocycles. The summed E-state index contributed by atoms with van der Waals surface area (Å²) in [5.41, 5.74) is 2.12. The number of sulfonamides is 1. The van der Waals surface area contributed by atoms with Crippen LogP contribution in [0.2, 0.25) is 0 Å². The zero-order valence-electron chi connectivity index (χ0n) is 17.9. The maximum atomic E-state index is 13.5. The van der Waals surface area contributed by atoms with Crippen LogP contribution in [-0.2, 0) is 10.0 Å². The van der Waals surface area contributed by atoms with Crippen LogP contribution in [0.15, 0.2) is 30.3 Å². The van der Waals surface area contributed by atoms with Crippen LogP contribution in [0.4, 0.5) is 10.3 Å². The molecule has 2 atom stereocenters. The summed E-state index contributed by atoms with van der Waals surface area (Å²) in [7, 11) is -2.24. The van der Waals surface area contributed by atoms with Gasteiger partial charge >= 0.3 is 0 Å². The number of anilines is 1. The molecule has 170 valence electrons. The predicted octanol–water partition coefficient (Wildman–Crippen LogP) is 2.86. The van der Waals surface area contributed by atoms with Gasteiger partial charge in [-0.25, -0.2) is 27.1 Å². The molecule has 1 aromatic carbocycles. The van der Waals surface area contributed by atoms with Gasteiger partial charge in [0.25, 0.3) is 0 Å². The van der Waals surface area contributed by atoms with Crippen LogP contribution >= 0.6 is 12.6 Å². The molecule has 31 heavy (non-hydrogen) atoms. The molecule has 7 nitrogen and oxygen atoms in total. The summed E-state index contributed by atoms with van der Waals surface area (Å²) in [6.07, 6.45) is 2.64. The number of benzene rings is 1. The lowest BCUT2D eigenvalue weighted by Crippen LogP contribution is -2.27. The first kappa shape index (κ1) is 25.3. The van der Waals surface area contributed by atoms with Crippen LogP contribution in [0.1, 0.15) is 37.4 Å². The van der Waals surface area contributed by atoms with E-state index in [0.717, 1.165) is 10.6 Å². The first-order valence-electron chi connectivity index (χ1n) is 9.71. The Morgan fingerprint density at radius 1 is 1.19 bits per heavy atom. The Morgan fingerprint density at radius 2 is 1.81 bits per heavy atom. The minimum Gasteiger partial charge on any atom is -0.392 e. The summed E-state index contributed by atoms with van der Waals surface area (Å²) < 4.78 is 38.6. The van der Waals surface area contributed by atoms with Crippen LogP contribution in [0, 0.1) is 5.82 Å². The molecule has 0 saturated carbocycles. The van der Waals surface area contributed by atoms with Gasteiger partial charge in [-0.3, -0.25) is 0 Å². The van der Waals surface area contributed by atoms with Gasteiger partial charge < -0.3 is 10.2 Å². The molecule has 2 N–H and O–H groups in total. The van der Waals surface area contributed by atoms with E-state index in [2.05, 4.69) is 22.6 Å². The SMILES string of the molecule is CC(C)c1nc(N(C)S(C)(=O)=O)nc(-c2ccc(F)cc2)c1/C=C/C(O)CC(O)CS. The van der Waals surface area contributed by atoms with Crippen molar-refractivity contribution in [2.45, 2.75) is 38.4 Å². The normalized spacial score (nSPS) is 14.2. The molecule has 0 bridgehead atoms. The number of aliphatic hydroxyl groups is 2. The van der Waals surface area contributed by atoms with Gasteiger partial charge in [0.2, 0.25) is 16.0 Å². The van der Waals surface area contributed by atoms with E-state index in [-0.39, 0.29) is 24.0 Å². The first-order chi connectivity index (χ1) is 14.4. The van der Waals surface area contributed by atoms with Crippen LogP contribution in [0.5, 0.6) is 0 Å². The average molecular weight is 470 g/mol. The third kappa shape index (κ3) is 6.73. The van der Waals surface area contributed by atoms with Crippen molar-refractivity contribution in [2.24, 2.45) is 0 Å². The molecular formula is C21H28FN3O4S2. The Labute approximate surface area is 188 Å². The molecule has 2 aromatic rings. The van der Waals surface area contributed by atoms with E-state index in [9.17, 15) is 23.0 Å². The summed E-state index contributed by atoms with van der Waals surface area (Å²) in [5, 5.41) is 19.9. The lowest BCUT2D eigenvalue weighted by atomic mass is 9.97. The number of hydrogen-bond donors (Lipinski definition) is 3. The number of aliphatic hydroxyl groups excluding tert-OH is 2. The quantitative estimate of drug-likeness (QED) is 0.488. The van der Waals surface area contributed by atoms with E-state index < -0.39 is 28.0 Å². The molecule has 0 aliphatic rings. The molecule has 0 aliphatic heterocycles. The van der Waals surface area contributed by atoms with Gasteiger partial charge in [-0.2, -0.15) is 12.6 Å². The van der Waals surface area contributed by atoms with Gasteiger partial charge in [0, 0.05) is 30.3 Å². The molecule has 0 fully saturated rings. The monoisotopic (exact) mass is 469 g/mol. The predicted molar refractivity (Wildman–Crippen MR) is 124 cm³/mol. The molecular weight excluding hydrogens is 441 g/mol.